The second kappa shape index (κ2) is 6.44. The van der Waals surface area contributed by atoms with Crippen LogP contribution in [-0.2, 0) is 14.3 Å². The van der Waals surface area contributed by atoms with Crippen molar-refractivity contribution in [2.75, 3.05) is 7.11 Å². The smallest absolute Gasteiger partial charge is 0.328 e. The Bertz CT molecular complexity index is 595. The molecule has 4 nitrogen and oxygen atoms in total. The number of aliphatic carboxylic acids is 1. The average Bonchev–Trinajstić information content (AvgIpc) is 2.56. The quantitative estimate of drug-likeness (QED) is 0.592. The standard InChI is InChI=1S/C21H32O4/c1-13-14(12-18(22)23)6-8-16-15(13)7-9-17-20(16,2)10-5-11-21(17,3)19(24)25-4/h12-13,15-17H,5-11H2,1-4H3,(H,22,23)/b14-12+/t13-,15-,16-,17+,20+,21-/m0/s1. The molecular weight excluding hydrogens is 316 g/mol. The summed E-state index contributed by atoms with van der Waals surface area (Å²) in [5.74, 6) is 0.962. The molecule has 0 heterocycles. The van der Waals surface area contributed by atoms with Crippen molar-refractivity contribution in [1.82, 2.24) is 0 Å². The molecule has 140 valence electrons. The number of rotatable bonds is 2. The first-order valence-corrected chi connectivity index (χ1v) is 9.76. The van der Waals surface area contributed by atoms with Crippen LogP contribution in [0.25, 0.3) is 0 Å². The van der Waals surface area contributed by atoms with Gasteiger partial charge in [-0.2, -0.15) is 0 Å². The van der Waals surface area contributed by atoms with Crippen molar-refractivity contribution >= 4 is 11.9 Å². The molecule has 4 heteroatoms. The lowest BCUT2D eigenvalue weighted by molar-refractivity contribution is -0.175. The van der Waals surface area contributed by atoms with Gasteiger partial charge in [0, 0.05) is 6.08 Å². The highest BCUT2D eigenvalue weighted by atomic mass is 16.5. The number of methoxy groups -OCH3 is 1. The predicted molar refractivity (Wildman–Crippen MR) is 95.9 cm³/mol. The van der Waals surface area contributed by atoms with Crippen LogP contribution in [0.5, 0.6) is 0 Å². The zero-order chi connectivity index (χ0) is 18.4. The number of carboxylic acid groups (broad SMARTS) is 1. The molecule has 0 radical (unpaired) electrons. The molecule has 1 N–H and O–H groups in total. The molecule has 3 aliphatic rings. The third kappa shape index (κ3) is 2.82. The van der Waals surface area contributed by atoms with Gasteiger partial charge in [0.2, 0.25) is 0 Å². The van der Waals surface area contributed by atoms with Crippen molar-refractivity contribution in [1.29, 1.82) is 0 Å². The molecule has 3 aliphatic carbocycles. The van der Waals surface area contributed by atoms with E-state index in [2.05, 4.69) is 20.8 Å². The van der Waals surface area contributed by atoms with Gasteiger partial charge in [0.1, 0.15) is 0 Å². The van der Waals surface area contributed by atoms with Crippen LogP contribution in [0.15, 0.2) is 11.6 Å². The van der Waals surface area contributed by atoms with Gasteiger partial charge in [-0.05, 0) is 74.5 Å². The van der Waals surface area contributed by atoms with Crippen LogP contribution >= 0.6 is 0 Å². The third-order valence-electron chi connectivity index (χ3n) is 8.06. The summed E-state index contributed by atoms with van der Waals surface area (Å²) in [7, 11) is 1.51. The number of carbonyl (C=O) groups excluding carboxylic acids is 1. The molecule has 0 amide bonds. The molecule has 0 aromatic heterocycles. The van der Waals surface area contributed by atoms with Crippen LogP contribution < -0.4 is 0 Å². The number of fused-ring (bicyclic) bond motifs is 3. The van der Waals surface area contributed by atoms with E-state index in [1.54, 1.807) is 0 Å². The number of allylic oxidation sites excluding steroid dienone is 1. The zero-order valence-corrected chi connectivity index (χ0v) is 16.0. The first-order valence-electron chi connectivity index (χ1n) is 9.76. The van der Waals surface area contributed by atoms with Crippen LogP contribution in [0, 0.1) is 34.5 Å². The van der Waals surface area contributed by atoms with Crippen molar-refractivity contribution in [3.05, 3.63) is 11.6 Å². The fourth-order valence-corrected chi connectivity index (χ4v) is 6.86. The molecule has 0 unspecified atom stereocenters. The maximum atomic E-state index is 12.6. The number of hydrogen-bond donors (Lipinski definition) is 1. The van der Waals surface area contributed by atoms with Gasteiger partial charge in [-0.15, -0.1) is 0 Å². The Balaban J connectivity index is 1.91. The van der Waals surface area contributed by atoms with E-state index in [9.17, 15) is 9.59 Å². The van der Waals surface area contributed by atoms with E-state index in [1.165, 1.54) is 19.6 Å². The van der Waals surface area contributed by atoms with Crippen LogP contribution in [0.2, 0.25) is 0 Å². The van der Waals surface area contributed by atoms with E-state index in [1.807, 2.05) is 0 Å². The third-order valence-corrected chi connectivity index (χ3v) is 8.06. The minimum Gasteiger partial charge on any atom is -0.478 e. The minimum absolute atomic E-state index is 0.0443. The van der Waals surface area contributed by atoms with Gasteiger partial charge in [0.15, 0.2) is 0 Å². The van der Waals surface area contributed by atoms with Crippen LogP contribution in [0.1, 0.15) is 65.7 Å². The van der Waals surface area contributed by atoms with Crippen LogP contribution in [0.4, 0.5) is 0 Å². The fourth-order valence-electron chi connectivity index (χ4n) is 6.86. The summed E-state index contributed by atoms with van der Waals surface area (Å²) >= 11 is 0. The fraction of sp³-hybridized carbons (Fsp3) is 0.810. The van der Waals surface area contributed by atoms with E-state index in [4.69, 9.17) is 9.84 Å². The monoisotopic (exact) mass is 348 g/mol. The minimum atomic E-state index is -0.823. The summed E-state index contributed by atoms with van der Waals surface area (Å²) in [4.78, 5) is 23.7. The van der Waals surface area contributed by atoms with E-state index >= 15 is 0 Å². The van der Waals surface area contributed by atoms with Crippen LogP contribution in [-0.4, -0.2) is 24.2 Å². The summed E-state index contributed by atoms with van der Waals surface area (Å²) in [5, 5.41) is 9.15. The lowest BCUT2D eigenvalue weighted by Crippen LogP contribution is -2.56. The SMILES string of the molecule is COC(=O)[C@@]1(C)CCC[C@@]2(C)[C@H]1CC[C@H]1[C@@H](C)/C(=C/C(=O)O)CC[C@@H]12. The van der Waals surface area contributed by atoms with Gasteiger partial charge in [-0.1, -0.05) is 25.8 Å². The van der Waals surface area contributed by atoms with E-state index in [0.29, 0.717) is 23.7 Å². The molecule has 0 aliphatic heterocycles. The molecule has 0 saturated heterocycles. The Hall–Kier alpha value is -1.32. The van der Waals surface area contributed by atoms with Gasteiger partial charge >= 0.3 is 11.9 Å². The summed E-state index contributed by atoms with van der Waals surface area (Å²) < 4.78 is 5.19. The molecule has 3 saturated carbocycles. The number of hydrogen-bond acceptors (Lipinski definition) is 3. The van der Waals surface area contributed by atoms with Gasteiger partial charge in [-0.3, -0.25) is 4.79 Å². The maximum absolute atomic E-state index is 12.6. The summed E-state index contributed by atoms with van der Waals surface area (Å²) in [6, 6.07) is 0. The number of esters is 1. The highest BCUT2D eigenvalue weighted by Crippen LogP contribution is 2.65. The van der Waals surface area contributed by atoms with Gasteiger partial charge in [0.05, 0.1) is 12.5 Å². The molecule has 0 spiro atoms. The lowest BCUT2D eigenvalue weighted by Gasteiger charge is -2.61. The van der Waals surface area contributed by atoms with Crippen molar-refractivity contribution in [3.8, 4) is 0 Å². The van der Waals surface area contributed by atoms with E-state index in [0.717, 1.165) is 44.1 Å². The second-order valence-corrected chi connectivity index (χ2v) is 9.05. The first-order chi connectivity index (χ1) is 11.7. The van der Waals surface area contributed by atoms with E-state index in [-0.39, 0.29) is 16.8 Å². The average molecular weight is 348 g/mol. The molecule has 3 rings (SSSR count). The summed E-state index contributed by atoms with van der Waals surface area (Å²) in [6.45, 7) is 6.72. The van der Waals surface area contributed by atoms with Crippen molar-refractivity contribution in [2.24, 2.45) is 34.5 Å². The highest BCUT2D eigenvalue weighted by molar-refractivity contribution is 5.80. The van der Waals surface area contributed by atoms with Crippen molar-refractivity contribution < 1.29 is 19.4 Å². The topological polar surface area (TPSA) is 63.6 Å². The van der Waals surface area contributed by atoms with Gasteiger partial charge < -0.3 is 9.84 Å². The normalized spacial score (nSPS) is 45.4. The largest absolute Gasteiger partial charge is 0.478 e. The van der Waals surface area contributed by atoms with Crippen LogP contribution in [0.3, 0.4) is 0 Å². The number of ether oxygens (including phenoxy) is 1. The molecule has 0 bridgehead atoms. The maximum Gasteiger partial charge on any atom is 0.328 e. The number of carboxylic acids is 1. The van der Waals surface area contributed by atoms with Crippen molar-refractivity contribution in [2.45, 2.75) is 65.7 Å². The Morgan fingerprint density at radius 3 is 2.56 bits per heavy atom. The Labute approximate surface area is 151 Å². The van der Waals surface area contributed by atoms with E-state index < -0.39 is 5.97 Å². The second-order valence-electron chi connectivity index (χ2n) is 9.05. The molecule has 6 atom stereocenters. The summed E-state index contributed by atoms with van der Waals surface area (Å²) in [5.41, 5.74) is 0.891. The predicted octanol–water partition coefficient (Wildman–Crippen LogP) is 4.44. The first kappa shape index (κ1) is 18.5. The molecule has 0 aromatic rings. The van der Waals surface area contributed by atoms with Gasteiger partial charge in [0.25, 0.3) is 0 Å². The lowest BCUT2D eigenvalue weighted by atomic mass is 9.43. The number of carbonyl (C=O) groups is 2. The Kier molecular flexibility index (Phi) is 4.76. The molecule has 0 aromatic carbocycles. The Morgan fingerprint density at radius 1 is 1.20 bits per heavy atom. The summed E-state index contributed by atoms with van der Waals surface area (Å²) in [6.07, 6.45) is 8.70. The highest BCUT2D eigenvalue weighted by Gasteiger charge is 2.60. The van der Waals surface area contributed by atoms with Gasteiger partial charge in [-0.25, -0.2) is 4.79 Å². The van der Waals surface area contributed by atoms with Crippen molar-refractivity contribution in [3.63, 3.8) is 0 Å². The molecular formula is C21H32O4. The molecule has 3 fully saturated rings. The molecule has 25 heavy (non-hydrogen) atoms. The Morgan fingerprint density at radius 2 is 1.92 bits per heavy atom. The zero-order valence-electron chi connectivity index (χ0n) is 16.0.